The highest BCUT2D eigenvalue weighted by Gasteiger charge is 2.02. The summed E-state index contributed by atoms with van der Waals surface area (Å²) in [5.74, 6) is -0.625. The van der Waals surface area contributed by atoms with Crippen LogP contribution in [0.4, 0.5) is 4.39 Å². The van der Waals surface area contributed by atoms with Crippen molar-refractivity contribution < 1.29 is 9.50 Å². The Morgan fingerprint density at radius 2 is 2.07 bits per heavy atom. The smallest absolute Gasteiger partial charge is 0.140 e. The molecule has 0 aliphatic rings. The molecule has 1 heterocycles. The zero-order chi connectivity index (χ0) is 10.7. The lowest BCUT2D eigenvalue weighted by atomic mass is 10.2. The van der Waals surface area contributed by atoms with E-state index in [0.29, 0.717) is 12.0 Å². The van der Waals surface area contributed by atoms with Gasteiger partial charge in [-0.1, -0.05) is 12.1 Å². The number of halogens is 1. The molecule has 76 valence electrons. The Morgan fingerprint density at radius 1 is 1.33 bits per heavy atom. The molecule has 0 bridgehead atoms. The zero-order valence-electron chi connectivity index (χ0n) is 7.89. The first-order chi connectivity index (χ1) is 7.29. The van der Waals surface area contributed by atoms with Crippen molar-refractivity contribution in [3.63, 3.8) is 0 Å². The van der Waals surface area contributed by atoms with Gasteiger partial charge in [-0.05, 0) is 12.1 Å². The van der Waals surface area contributed by atoms with Crippen molar-refractivity contribution in [1.29, 1.82) is 0 Å². The quantitative estimate of drug-likeness (QED) is 0.764. The van der Waals surface area contributed by atoms with E-state index in [0.717, 1.165) is 11.0 Å². The third-order valence-corrected chi connectivity index (χ3v) is 1.99. The molecule has 15 heavy (non-hydrogen) atoms. The zero-order valence-corrected chi connectivity index (χ0v) is 7.89. The van der Waals surface area contributed by atoms with Gasteiger partial charge in [-0.3, -0.25) is 4.98 Å². The first kappa shape index (κ1) is 9.58. The second-order valence-electron chi connectivity index (χ2n) is 3.10. The molecule has 0 unspecified atom stereocenters. The van der Waals surface area contributed by atoms with E-state index < -0.39 is 5.83 Å². The summed E-state index contributed by atoms with van der Waals surface area (Å²) in [5, 5.41) is 8.42. The minimum Gasteiger partial charge on any atom is -0.513 e. The van der Waals surface area contributed by atoms with Crippen LogP contribution in [0.25, 0.3) is 11.0 Å². The van der Waals surface area contributed by atoms with E-state index in [1.165, 1.54) is 6.20 Å². The number of aliphatic hydroxyl groups excluding tert-OH is 1. The maximum Gasteiger partial charge on any atom is 0.140 e. The molecule has 0 aliphatic heterocycles. The molecular formula is C11H9FN2O. The van der Waals surface area contributed by atoms with Crippen molar-refractivity contribution in [2.45, 2.75) is 6.42 Å². The van der Waals surface area contributed by atoms with Gasteiger partial charge in [0.05, 0.1) is 16.7 Å². The summed E-state index contributed by atoms with van der Waals surface area (Å²) in [6.45, 7) is 0. The highest BCUT2D eigenvalue weighted by molar-refractivity contribution is 5.73. The lowest BCUT2D eigenvalue weighted by molar-refractivity contribution is 0.435. The van der Waals surface area contributed by atoms with Crippen LogP contribution in [0.15, 0.2) is 42.6 Å². The number of benzene rings is 1. The van der Waals surface area contributed by atoms with Crippen LogP contribution in [-0.4, -0.2) is 15.1 Å². The van der Waals surface area contributed by atoms with Crippen LogP contribution in [0.1, 0.15) is 5.69 Å². The lowest BCUT2D eigenvalue weighted by Gasteiger charge is -1.99. The van der Waals surface area contributed by atoms with Gasteiger partial charge in [0.2, 0.25) is 0 Å². The molecule has 3 nitrogen and oxygen atoms in total. The molecule has 1 N–H and O–H groups in total. The summed E-state index contributed by atoms with van der Waals surface area (Å²) in [5.41, 5.74) is 1.99. The molecule has 0 amide bonds. The van der Waals surface area contributed by atoms with Crippen molar-refractivity contribution in [2.24, 2.45) is 0 Å². The third-order valence-electron chi connectivity index (χ3n) is 1.99. The Morgan fingerprint density at radius 3 is 2.80 bits per heavy atom. The molecule has 0 radical (unpaired) electrons. The summed E-state index contributed by atoms with van der Waals surface area (Å²) < 4.78 is 12.8. The van der Waals surface area contributed by atoms with Gasteiger partial charge in [-0.25, -0.2) is 9.37 Å². The van der Waals surface area contributed by atoms with Crippen molar-refractivity contribution in [3.8, 4) is 0 Å². The van der Waals surface area contributed by atoms with Crippen LogP contribution >= 0.6 is 0 Å². The van der Waals surface area contributed by atoms with Crippen molar-refractivity contribution in [1.82, 2.24) is 9.97 Å². The number of aliphatic hydroxyl groups is 1. The third kappa shape index (κ3) is 2.10. The van der Waals surface area contributed by atoms with Gasteiger partial charge >= 0.3 is 0 Å². The standard InChI is InChI=1S/C11H9FN2O/c12-8(7-15)5-9-6-13-10-3-1-2-4-11(10)14-9/h1-4,6-7,15H,5H2/b8-7-. The number of fused-ring (bicyclic) bond motifs is 1. The van der Waals surface area contributed by atoms with Gasteiger partial charge in [0.1, 0.15) is 12.1 Å². The number of rotatable bonds is 2. The minimum absolute atomic E-state index is 0.0334. The van der Waals surface area contributed by atoms with Gasteiger partial charge < -0.3 is 5.11 Å². The Kier molecular flexibility index (Phi) is 2.58. The van der Waals surface area contributed by atoms with E-state index in [1.54, 1.807) is 0 Å². The van der Waals surface area contributed by atoms with Gasteiger partial charge in [-0.15, -0.1) is 0 Å². The monoisotopic (exact) mass is 204 g/mol. The molecular weight excluding hydrogens is 195 g/mol. The number of hydrogen-bond acceptors (Lipinski definition) is 3. The molecule has 0 saturated carbocycles. The van der Waals surface area contributed by atoms with E-state index >= 15 is 0 Å². The Labute approximate surface area is 85.9 Å². The number of aromatic nitrogens is 2. The predicted molar refractivity (Wildman–Crippen MR) is 55.1 cm³/mol. The molecule has 0 atom stereocenters. The highest BCUT2D eigenvalue weighted by atomic mass is 19.1. The Balaban J connectivity index is 2.39. The Bertz CT molecular complexity index is 511. The van der Waals surface area contributed by atoms with Crippen molar-refractivity contribution >= 4 is 11.0 Å². The number of hydrogen-bond donors (Lipinski definition) is 1. The first-order valence-electron chi connectivity index (χ1n) is 4.49. The maximum atomic E-state index is 12.8. The minimum atomic E-state index is -0.625. The largest absolute Gasteiger partial charge is 0.513 e. The summed E-state index contributed by atoms with van der Waals surface area (Å²) in [4.78, 5) is 8.34. The molecule has 0 spiro atoms. The molecule has 0 fully saturated rings. The summed E-state index contributed by atoms with van der Waals surface area (Å²) in [6.07, 6.45) is 1.91. The van der Waals surface area contributed by atoms with E-state index in [2.05, 4.69) is 9.97 Å². The van der Waals surface area contributed by atoms with E-state index in [4.69, 9.17) is 5.11 Å². The lowest BCUT2D eigenvalue weighted by Crippen LogP contribution is -1.93. The van der Waals surface area contributed by atoms with Gasteiger partial charge in [0.25, 0.3) is 0 Å². The highest BCUT2D eigenvalue weighted by Crippen LogP contribution is 2.11. The van der Waals surface area contributed by atoms with E-state index in [-0.39, 0.29) is 6.42 Å². The average Bonchev–Trinajstić information content (AvgIpc) is 2.29. The fourth-order valence-corrected chi connectivity index (χ4v) is 1.30. The second-order valence-corrected chi connectivity index (χ2v) is 3.10. The fourth-order valence-electron chi connectivity index (χ4n) is 1.30. The van der Waals surface area contributed by atoms with Crippen LogP contribution in [-0.2, 0) is 6.42 Å². The van der Waals surface area contributed by atoms with Gasteiger partial charge in [0.15, 0.2) is 0 Å². The molecule has 0 saturated heterocycles. The second kappa shape index (κ2) is 4.04. The SMILES string of the molecule is O/C=C(\F)Cc1cnc2ccccc2n1. The number of allylic oxidation sites excluding steroid dienone is 1. The molecule has 1 aromatic heterocycles. The summed E-state index contributed by atoms with van der Waals surface area (Å²) >= 11 is 0. The normalized spacial score (nSPS) is 11.9. The molecule has 2 aromatic rings. The van der Waals surface area contributed by atoms with Crippen LogP contribution in [0.2, 0.25) is 0 Å². The maximum absolute atomic E-state index is 12.8. The number of nitrogens with zero attached hydrogens (tertiary/aromatic N) is 2. The van der Waals surface area contributed by atoms with Crippen LogP contribution in [0.3, 0.4) is 0 Å². The van der Waals surface area contributed by atoms with Crippen LogP contribution in [0, 0.1) is 0 Å². The summed E-state index contributed by atoms with van der Waals surface area (Å²) in [7, 11) is 0. The van der Waals surface area contributed by atoms with Crippen LogP contribution in [0.5, 0.6) is 0 Å². The topological polar surface area (TPSA) is 46.0 Å². The number of para-hydroxylation sites is 2. The molecule has 2 rings (SSSR count). The van der Waals surface area contributed by atoms with Crippen LogP contribution < -0.4 is 0 Å². The fraction of sp³-hybridized carbons (Fsp3) is 0.0909. The molecule has 4 heteroatoms. The predicted octanol–water partition coefficient (Wildman–Crippen LogP) is 2.54. The van der Waals surface area contributed by atoms with E-state index in [1.807, 2.05) is 24.3 Å². The van der Waals surface area contributed by atoms with Crippen molar-refractivity contribution in [2.75, 3.05) is 0 Å². The average molecular weight is 204 g/mol. The van der Waals surface area contributed by atoms with Gasteiger partial charge in [-0.2, -0.15) is 0 Å². The summed E-state index contributed by atoms with van der Waals surface area (Å²) in [6, 6.07) is 7.36. The Hall–Kier alpha value is -1.97. The van der Waals surface area contributed by atoms with E-state index in [9.17, 15) is 4.39 Å². The first-order valence-corrected chi connectivity index (χ1v) is 4.49. The molecule has 1 aromatic carbocycles. The molecule has 0 aliphatic carbocycles. The van der Waals surface area contributed by atoms with Crippen molar-refractivity contribution in [3.05, 3.63) is 48.2 Å². The van der Waals surface area contributed by atoms with Gasteiger partial charge in [0, 0.05) is 12.6 Å².